The van der Waals surface area contributed by atoms with Crippen molar-refractivity contribution in [1.29, 1.82) is 0 Å². The van der Waals surface area contributed by atoms with Crippen LogP contribution in [0.15, 0.2) is 24.3 Å². The van der Waals surface area contributed by atoms with Crippen molar-refractivity contribution >= 4 is 17.5 Å². The number of piperidine rings is 1. The molecule has 1 unspecified atom stereocenters. The Hall–Kier alpha value is -1.06. The van der Waals surface area contributed by atoms with E-state index in [0.29, 0.717) is 11.6 Å². The maximum atomic E-state index is 13.0. The number of rotatable bonds is 2. The van der Waals surface area contributed by atoms with Crippen LogP contribution in [0.4, 0.5) is 0 Å². The zero-order valence-corrected chi connectivity index (χ0v) is 14.1. The SMILES string of the molecule is CC(C)(C(=O)N1CCC(N)C(C)(C)C1)c1ccc(Cl)cc1. The lowest BCUT2D eigenvalue weighted by Gasteiger charge is -2.45. The Kier molecular flexibility index (Phi) is 4.36. The maximum Gasteiger partial charge on any atom is 0.232 e. The van der Waals surface area contributed by atoms with Gasteiger partial charge in [-0.2, -0.15) is 0 Å². The number of likely N-dealkylation sites (tertiary alicyclic amines) is 1. The minimum Gasteiger partial charge on any atom is -0.341 e. The van der Waals surface area contributed by atoms with Gasteiger partial charge in [0, 0.05) is 24.2 Å². The highest BCUT2D eigenvalue weighted by atomic mass is 35.5. The number of halogens is 1. The van der Waals surface area contributed by atoms with Crippen molar-refractivity contribution in [3.63, 3.8) is 0 Å². The number of nitrogens with zero attached hydrogens (tertiary/aromatic N) is 1. The van der Waals surface area contributed by atoms with Gasteiger partial charge in [0.2, 0.25) is 5.91 Å². The molecule has 1 heterocycles. The van der Waals surface area contributed by atoms with E-state index < -0.39 is 5.41 Å². The maximum absolute atomic E-state index is 13.0. The molecule has 0 aromatic heterocycles. The predicted molar refractivity (Wildman–Crippen MR) is 87.4 cm³/mol. The summed E-state index contributed by atoms with van der Waals surface area (Å²) < 4.78 is 0. The number of benzene rings is 1. The molecule has 4 heteroatoms. The summed E-state index contributed by atoms with van der Waals surface area (Å²) in [6, 6.07) is 7.69. The van der Waals surface area contributed by atoms with Gasteiger partial charge in [0.25, 0.3) is 0 Å². The molecule has 1 aliphatic rings. The standard InChI is InChI=1S/C17H25ClN2O/c1-16(2)11-20(10-9-14(16)19)15(21)17(3,4)12-5-7-13(18)8-6-12/h5-8,14H,9-11,19H2,1-4H3. The first-order valence-corrected chi connectivity index (χ1v) is 7.83. The van der Waals surface area contributed by atoms with Gasteiger partial charge in [-0.1, -0.05) is 37.6 Å². The fraction of sp³-hybridized carbons (Fsp3) is 0.588. The fourth-order valence-electron chi connectivity index (χ4n) is 2.93. The summed E-state index contributed by atoms with van der Waals surface area (Å²) in [7, 11) is 0. The monoisotopic (exact) mass is 308 g/mol. The van der Waals surface area contributed by atoms with Gasteiger partial charge in [-0.05, 0) is 43.4 Å². The van der Waals surface area contributed by atoms with Gasteiger partial charge in [-0.25, -0.2) is 0 Å². The molecule has 3 nitrogen and oxygen atoms in total. The van der Waals surface area contributed by atoms with Crippen LogP contribution in [0.1, 0.15) is 39.7 Å². The van der Waals surface area contributed by atoms with Gasteiger partial charge in [0.15, 0.2) is 0 Å². The van der Waals surface area contributed by atoms with Crippen molar-refractivity contribution in [2.75, 3.05) is 13.1 Å². The molecule has 21 heavy (non-hydrogen) atoms. The number of carbonyl (C=O) groups is 1. The van der Waals surface area contributed by atoms with Gasteiger partial charge >= 0.3 is 0 Å². The van der Waals surface area contributed by atoms with E-state index in [4.69, 9.17) is 17.3 Å². The summed E-state index contributed by atoms with van der Waals surface area (Å²) in [6.45, 7) is 9.66. The minimum atomic E-state index is -0.553. The number of hydrogen-bond acceptors (Lipinski definition) is 2. The van der Waals surface area contributed by atoms with Crippen LogP contribution in [-0.4, -0.2) is 29.9 Å². The quantitative estimate of drug-likeness (QED) is 0.912. The lowest BCUT2D eigenvalue weighted by Crippen LogP contribution is -2.56. The average Bonchev–Trinajstić information content (AvgIpc) is 2.41. The van der Waals surface area contributed by atoms with E-state index in [2.05, 4.69) is 13.8 Å². The van der Waals surface area contributed by atoms with Crippen LogP contribution in [0.2, 0.25) is 5.02 Å². The highest BCUT2D eigenvalue weighted by Gasteiger charge is 2.40. The smallest absolute Gasteiger partial charge is 0.232 e. The minimum absolute atomic E-state index is 0.0377. The fourth-order valence-corrected chi connectivity index (χ4v) is 3.06. The molecule has 1 aromatic carbocycles. The topological polar surface area (TPSA) is 46.3 Å². The molecular weight excluding hydrogens is 284 g/mol. The van der Waals surface area contributed by atoms with Gasteiger partial charge in [0.1, 0.15) is 0 Å². The van der Waals surface area contributed by atoms with E-state index in [9.17, 15) is 4.79 Å². The van der Waals surface area contributed by atoms with Crippen LogP contribution in [-0.2, 0) is 10.2 Å². The summed E-state index contributed by atoms with van der Waals surface area (Å²) in [5.74, 6) is 0.157. The first-order chi connectivity index (χ1) is 9.64. The van der Waals surface area contributed by atoms with Crippen LogP contribution in [0.5, 0.6) is 0 Å². The third-order valence-electron chi connectivity index (χ3n) is 4.70. The molecule has 0 saturated carbocycles. The van der Waals surface area contributed by atoms with Gasteiger partial charge in [0.05, 0.1) is 5.41 Å². The van der Waals surface area contributed by atoms with Crippen molar-refractivity contribution in [1.82, 2.24) is 4.90 Å². The molecule has 1 amide bonds. The van der Waals surface area contributed by atoms with Crippen LogP contribution >= 0.6 is 11.6 Å². The van der Waals surface area contributed by atoms with Crippen LogP contribution in [0.25, 0.3) is 0 Å². The molecular formula is C17H25ClN2O. The molecule has 0 radical (unpaired) electrons. The Labute approximate surface area is 132 Å². The van der Waals surface area contributed by atoms with E-state index in [-0.39, 0.29) is 17.4 Å². The summed E-state index contributed by atoms with van der Waals surface area (Å²) in [6.07, 6.45) is 0.857. The highest BCUT2D eigenvalue weighted by Crippen LogP contribution is 2.32. The largest absolute Gasteiger partial charge is 0.341 e. The molecule has 116 valence electrons. The Morgan fingerprint density at radius 2 is 1.90 bits per heavy atom. The van der Waals surface area contributed by atoms with Crippen molar-refractivity contribution in [2.45, 2.75) is 45.6 Å². The van der Waals surface area contributed by atoms with Gasteiger partial charge < -0.3 is 10.6 Å². The van der Waals surface area contributed by atoms with E-state index in [0.717, 1.165) is 18.5 Å². The molecule has 1 saturated heterocycles. The summed E-state index contributed by atoms with van der Waals surface area (Å²) in [4.78, 5) is 14.9. The second-order valence-corrected chi connectivity index (χ2v) is 7.68. The molecule has 2 N–H and O–H groups in total. The molecule has 1 fully saturated rings. The number of nitrogens with two attached hydrogens (primary N) is 1. The Morgan fingerprint density at radius 3 is 2.43 bits per heavy atom. The third kappa shape index (κ3) is 3.24. The number of amides is 1. The zero-order valence-electron chi connectivity index (χ0n) is 13.3. The highest BCUT2D eigenvalue weighted by molar-refractivity contribution is 6.30. The number of hydrogen-bond donors (Lipinski definition) is 1. The van der Waals surface area contributed by atoms with E-state index >= 15 is 0 Å². The molecule has 0 bridgehead atoms. The van der Waals surface area contributed by atoms with E-state index in [1.54, 1.807) is 0 Å². The summed E-state index contributed by atoms with van der Waals surface area (Å²) >= 11 is 5.93. The normalized spacial score (nSPS) is 22.2. The summed E-state index contributed by atoms with van der Waals surface area (Å²) in [5, 5.41) is 0.687. The Bertz CT molecular complexity index is 522. The van der Waals surface area contributed by atoms with Crippen LogP contribution < -0.4 is 5.73 Å². The first-order valence-electron chi connectivity index (χ1n) is 7.45. The molecule has 1 aromatic rings. The second kappa shape index (κ2) is 5.62. The van der Waals surface area contributed by atoms with Crippen molar-refractivity contribution in [2.24, 2.45) is 11.1 Å². The zero-order chi connectivity index (χ0) is 15.8. The van der Waals surface area contributed by atoms with Crippen LogP contribution in [0.3, 0.4) is 0 Å². The molecule has 1 aliphatic heterocycles. The molecule has 1 atom stereocenters. The second-order valence-electron chi connectivity index (χ2n) is 7.24. The molecule has 0 spiro atoms. The summed E-state index contributed by atoms with van der Waals surface area (Å²) in [5.41, 5.74) is 6.56. The third-order valence-corrected chi connectivity index (χ3v) is 4.95. The van der Waals surface area contributed by atoms with Crippen molar-refractivity contribution in [3.8, 4) is 0 Å². The molecule has 0 aliphatic carbocycles. The van der Waals surface area contributed by atoms with Gasteiger partial charge in [-0.3, -0.25) is 4.79 Å². The Morgan fingerprint density at radius 1 is 1.33 bits per heavy atom. The average molecular weight is 309 g/mol. The van der Waals surface area contributed by atoms with E-state index in [1.165, 1.54) is 0 Å². The van der Waals surface area contributed by atoms with Crippen LogP contribution in [0, 0.1) is 5.41 Å². The molecule has 2 rings (SSSR count). The predicted octanol–water partition coefficient (Wildman–Crippen LogP) is 3.20. The van der Waals surface area contributed by atoms with Gasteiger partial charge in [-0.15, -0.1) is 0 Å². The first kappa shape index (κ1) is 16.3. The Balaban J connectivity index is 2.20. The lowest BCUT2D eigenvalue weighted by molar-refractivity contribution is -0.139. The van der Waals surface area contributed by atoms with E-state index in [1.807, 2.05) is 43.0 Å². The van der Waals surface area contributed by atoms with Crippen molar-refractivity contribution in [3.05, 3.63) is 34.9 Å². The lowest BCUT2D eigenvalue weighted by atomic mass is 9.77. The number of carbonyl (C=O) groups excluding carboxylic acids is 1. The van der Waals surface area contributed by atoms with Crippen molar-refractivity contribution < 1.29 is 4.79 Å².